The van der Waals surface area contributed by atoms with Crippen LogP contribution in [-0.4, -0.2) is 56.1 Å². The Balaban J connectivity index is 0.00000385. The monoisotopic (exact) mass is 513 g/mol. The van der Waals surface area contributed by atoms with Crippen LogP contribution in [0.5, 0.6) is 0 Å². The molecule has 33 heavy (non-hydrogen) atoms. The first-order chi connectivity index (χ1) is 15.3. The number of carbonyl (C=O) groups excluding carboxylic acids is 1. The number of carbonyl (C=O) groups is 1. The number of aryl methyl sites for hydroxylation is 1. The molecule has 0 bridgehead atoms. The van der Waals surface area contributed by atoms with Crippen molar-refractivity contribution in [2.24, 2.45) is 0 Å². The number of sulfone groups is 1. The van der Waals surface area contributed by atoms with Crippen LogP contribution < -0.4 is 4.90 Å². The van der Waals surface area contributed by atoms with Gasteiger partial charge in [-0.25, -0.2) is 17.8 Å². The highest BCUT2D eigenvalue weighted by Crippen LogP contribution is 2.31. The minimum absolute atomic E-state index is 0. The Morgan fingerprint density at radius 3 is 2.30 bits per heavy atom. The maximum absolute atomic E-state index is 13.2. The average Bonchev–Trinajstić information content (AvgIpc) is 3.20. The smallest absolute Gasteiger partial charge is 0.244 e. The lowest BCUT2D eigenvalue weighted by atomic mass is 10.1. The lowest BCUT2D eigenvalue weighted by Crippen LogP contribution is -2.41. The van der Waals surface area contributed by atoms with Crippen LogP contribution in [0, 0.1) is 5.82 Å². The number of benzene rings is 2. The number of amides is 1. The van der Waals surface area contributed by atoms with E-state index in [4.69, 9.17) is 4.98 Å². The number of nitrogens with zero attached hydrogens (tertiary/aromatic N) is 3. The third kappa shape index (κ3) is 6.50. The number of hydrogen-bond donors (Lipinski definition) is 0. The summed E-state index contributed by atoms with van der Waals surface area (Å²) in [6.07, 6.45) is 0.812. The van der Waals surface area contributed by atoms with Gasteiger partial charge in [0.15, 0.2) is 15.0 Å². The second-order valence-electron chi connectivity index (χ2n) is 7.40. The predicted octanol–water partition coefficient (Wildman–Crippen LogP) is 4.57. The first-order valence-electron chi connectivity index (χ1n) is 10.7. The molecule has 3 rings (SSSR count). The second-order valence-corrected chi connectivity index (χ2v) is 10.4. The number of aromatic nitrogens is 1. The van der Waals surface area contributed by atoms with E-state index in [0.29, 0.717) is 18.2 Å². The summed E-state index contributed by atoms with van der Waals surface area (Å²) in [6, 6.07) is 10.5. The van der Waals surface area contributed by atoms with Gasteiger partial charge in [0.1, 0.15) is 11.6 Å². The summed E-state index contributed by atoms with van der Waals surface area (Å²) in [6.45, 7) is 8.72. The largest absolute Gasteiger partial charge is 0.302 e. The Morgan fingerprint density at radius 1 is 1.03 bits per heavy atom. The van der Waals surface area contributed by atoms with Gasteiger partial charge in [0, 0.05) is 13.1 Å². The van der Waals surface area contributed by atoms with E-state index in [1.807, 2.05) is 39.0 Å². The number of anilines is 1. The van der Waals surface area contributed by atoms with Gasteiger partial charge in [-0.3, -0.25) is 9.69 Å². The first-order valence-corrected chi connectivity index (χ1v) is 13.1. The summed E-state index contributed by atoms with van der Waals surface area (Å²) in [5.74, 6) is -1.77. The van der Waals surface area contributed by atoms with E-state index in [1.165, 1.54) is 28.4 Å². The van der Waals surface area contributed by atoms with E-state index in [2.05, 4.69) is 4.90 Å². The van der Waals surface area contributed by atoms with E-state index in [0.717, 1.165) is 47.4 Å². The van der Waals surface area contributed by atoms with Crippen molar-refractivity contribution in [1.82, 2.24) is 9.88 Å². The molecule has 1 heterocycles. The average molecular weight is 514 g/mol. The molecule has 1 amide bonds. The highest BCUT2D eigenvalue weighted by molar-refractivity contribution is 7.92. The number of thiazole rings is 1. The zero-order valence-electron chi connectivity index (χ0n) is 19.0. The number of likely N-dealkylation sites (N-methyl/N-ethyl adjacent to an activating group) is 1. The van der Waals surface area contributed by atoms with Crippen molar-refractivity contribution in [1.29, 1.82) is 0 Å². The van der Waals surface area contributed by atoms with E-state index in [-0.39, 0.29) is 17.3 Å². The van der Waals surface area contributed by atoms with Gasteiger partial charge in [0.25, 0.3) is 0 Å². The summed E-state index contributed by atoms with van der Waals surface area (Å²) in [5, 5.41) is 0.493. The number of hydrogen-bond acceptors (Lipinski definition) is 6. The molecule has 0 unspecified atom stereocenters. The van der Waals surface area contributed by atoms with Crippen molar-refractivity contribution >= 4 is 54.8 Å². The van der Waals surface area contributed by atoms with E-state index in [1.54, 1.807) is 0 Å². The summed E-state index contributed by atoms with van der Waals surface area (Å²) < 4.78 is 39.8. The molecule has 0 aliphatic heterocycles. The van der Waals surface area contributed by atoms with E-state index in [9.17, 15) is 17.6 Å². The Morgan fingerprint density at radius 2 is 1.70 bits per heavy atom. The fraction of sp³-hybridized carbons (Fsp3) is 0.391. The molecule has 0 saturated carbocycles. The van der Waals surface area contributed by atoms with Crippen LogP contribution in [0.2, 0.25) is 0 Å². The lowest BCUT2D eigenvalue weighted by Gasteiger charge is -2.24. The summed E-state index contributed by atoms with van der Waals surface area (Å²) in [5.41, 5.74) is 1.93. The molecule has 0 atom stereocenters. The van der Waals surface area contributed by atoms with Gasteiger partial charge < -0.3 is 4.90 Å². The van der Waals surface area contributed by atoms with Crippen molar-refractivity contribution in [3.8, 4) is 0 Å². The molecule has 10 heteroatoms. The molecule has 0 radical (unpaired) electrons. The number of rotatable bonds is 10. The molecule has 0 spiro atoms. The topological polar surface area (TPSA) is 70.6 Å². The van der Waals surface area contributed by atoms with Gasteiger partial charge >= 0.3 is 0 Å². The van der Waals surface area contributed by atoms with Crippen molar-refractivity contribution in [3.05, 3.63) is 53.8 Å². The maximum atomic E-state index is 13.2. The van der Waals surface area contributed by atoms with Gasteiger partial charge in [-0.1, -0.05) is 44.2 Å². The molecule has 0 fully saturated rings. The quantitative estimate of drug-likeness (QED) is 0.371. The molecular formula is C23H29ClFN3O3S2. The molecule has 6 nitrogen and oxygen atoms in total. The molecule has 0 aliphatic carbocycles. The second kappa shape index (κ2) is 11.9. The zero-order chi connectivity index (χ0) is 23.3. The molecule has 0 N–H and O–H groups in total. The Hall–Kier alpha value is -2.07. The summed E-state index contributed by atoms with van der Waals surface area (Å²) >= 11 is 1.38. The summed E-state index contributed by atoms with van der Waals surface area (Å²) in [4.78, 5) is 21.5. The van der Waals surface area contributed by atoms with Gasteiger partial charge in [0.05, 0.1) is 15.1 Å². The van der Waals surface area contributed by atoms with Crippen LogP contribution in [0.25, 0.3) is 10.2 Å². The molecule has 2 aromatic carbocycles. The Bertz CT molecular complexity index is 1180. The SMILES string of the molecule is CCc1cccc2sc(N(CCN(CC)CC)C(=O)CS(=O)(=O)c3ccc(F)cc3)nc12.Cl. The van der Waals surface area contributed by atoms with Crippen molar-refractivity contribution in [2.75, 3.05) is 36.8 Å². The third-order valence-corrected chi connectivity index (χ3v) is 8.09. The molecule has 3 aromatic rings. The normalized spacial score (nSPS) is 11.5. The van der Waals surface area contributed by atoms with Crippen LogP contribution in [0.1, 0.15) is 26.3 Å². The third-order valence-electron chi connectivity index (χ3n) is 5.42. The lowest BCUT2D eigenvalue weighted by molar-refractivity contribution is -0.116. The van der Waals surface area contributed by atoms with Crippen molar-refractivity contribution in [3.63, 3.8) is 0 Å². The van der Waals surface area contributed by atoms with Crippen molar-refractivity contribution in [2.45, 2.75) is 32.1 Å². The number of fused-ring (bicyclic) bond motifs is 1. The minimum Gasteiger partial charge on any atom is -0.302 e. The Kier molecular flexibility index (Phi) is 9.78. The maximum Gasteiger partial charge on any atom is 0.244 e. The Labute approximate surface area is 204 Å². The first kappa shape index (κ1) is 27.2. The van der Waals surface area contributed by atoms with Gasteiger partial charge in [-0.2, -0.15) is 0 Å². The zero-order valence-corrected chi connectivity index (χ0v) is 21.4. The standard InChI is InChI=1S/C23H28FN3O3S2.ClH/c1-4-17-8-7-9-20-22(17)25-23(31-20)27(15-14-26(5-2)6-3)21(28)16-32(29,30)19-12-10-18(24)11-13-19;/h7-13H,4-6,14-16H2,1-3H3;1H. The molecule has 0 saturated heterocycles. The van der Waals surface area contributed by atoms with Crippen LogP contribution in [0.15, 0.2) is 47.4 Å². The van der Waals surface area contributed by atoms with Crippen LogP contribution >= 0.6 is 23.7 Å². The predicted molar refractivity (Wildman–Crippen MR) is 135 cm³/mol. The highest BCUT2D eigenvalue weighted by atomic mass is 35.5. The summed E-state index contributed by atoms with van der Waals surface area (Å²) in [7, 11) is -3.92. The van der Waals surface area contributed by atoms with Crippen LogP contribution in [0.4, 0.5) is 9.52 Å². The van der Waals surface area contributed by atoms with Crippen LogP contribution in [-0.2, 0) is 21.1 Å². The van der Waals surface area contributed by atoms with E-state index < -0.39 is 27.3 Å². The fourth-order valence-electron chi connectivity index (χ4n) is 3.47. The molecule has 1 aromatic heterocycles. The van der Waals surface area contributed by atoms with Gasteiger partial charge in [0.2, 0.25) is 5.91 Å². The molecule has 180 valence electrons. The van der Waals surface area contributed by atoms with Gasteiger partial charge in [-0.05, 0) is 55.4 Å². The van der Waals surface area contributed by atoms with E-state index >= 15 is 0 Å². The van der Waals surface area contributed by atoms with Gasteiger partial charge in [-0.15, -0.1) is 12.4 Å². The van der Waals surface area contributed by atoms with Crippen LogP contribution in [0.3, 0.4) is 0 Å². The molecular weight excluding hydrogens is 485 g/mol. The number of halogens is 2. The number of para-hydroxylation sites is 1. The highest BCUT2D eigenvalue weighted by Gasteiger charge is 2.27. The fourth-order valence-corrected chi connectivity index (χ4v) is 5.72. The minimum atomic E-state index is -3.92. The molecule has 0 aliphatic rings. The van der Waals surface area contributed by atoms with Crippen molar-refractivity contribution < 1.29 is 17.6 Å².